The number of sulfonamides is 1. The van der Waals surface area contributed by atoms with E-state index in [4.69, 9.17) is 0 Å². The van der Waals surface area contributed by atoms with E-state index in [0.29, 0.717) is 16.5 Å². The zero-order valence-corrected chi connectivity index (χ0v) is 22.4. The largest absolute Gasteiger partial charge is 0.369 e. The number of Topliss-reactive ketones (excluding diaryl/α,β-unsaturated/α-hetero) is 1. The van der Waals surface area contributed by atoms with Gasteiger partial charge in [-0.05, 0) is 49.5 Å². The molecule has 0 saturated carbocycles. The first kappa shape index (κ1) is 27.0. The van der Waals surface area contributed by atoms with Crippen LogP contribution in [0.5, 0.6) is 0 Å². The number of hydrogen-bond acceptors (Lipinski definition) is 10. The number of rotatable bonds is 10. The highest BCUT2D eigenvalue weighted by Crippen LogP contribution is 2.22. The molecule has 1 aliphatic heterocycles. The lowest BCUT2D eigenvalue weighted by Crippen LogP contribution is -2.45. The van der Waals surface area contributed by atoms with E-state index >= 15 is 0 Å². The number of likely N-dealkylation sites (N-methyl/N-ethyl adjacent to an activating group) is 1. The minimum absolute atomic E-state index is 0.0146. The Balaban J connectivity index is 1.37. The van der Waals surface area contributed by atoms with E-state index in [1.54, 1.807) is 12.1 Å². The summed E-state index contributed by atoms with van der Waals surface area (Å²) in [6.45, 7) is 7.40. The maximum absolute atomic E-state index is 12.9. The Kier molecular flexibility index (Phi) is 8.75. The molecule has 196 valence electrons. The molecule has 2 N–H and O–H groups in total. The van der Waals surface area contributed by atoms with Crippen LogP contribution in [0.3, 0.4) is 0 Å². The standard InChI is InChI=1S/C25H30N6O4S2/c1-18(32)36-17-23(33)20-4-8-25(27-16-20)29-37(34,35)21-5-6-22-19(15-21)3-7-24(28-22)26-9-10-31-13-11-30(2)12-14-31/h3-8,15-16H,9-14,17H2,1-2H3,(H,26,28)(H,27,29). The van der Waals surface area contributed by atoms with Crippen LogP contribution in [-0.4, -0.2) is 91.2 Å². The van der Waals surface area contributed by atoms with E-state index in [2.05, 4.69) is 36.9 Å². The van der Waals surface area contributed by atoms with Gasteiger partial charge in [0.05, 0.1) is 16.2 Å². The molecule has 0 spiro atoms. The first-order chi connectivity index (χ1) is 17.7. The highest BCUT2D eigenvalue weighted by Gasteiger charge is 2.17. The van der Waals surface area contributed by atoms with Crippen LogP contribution in [0.1, 0.15) is 17.3 Å². The summed E-state index contributed by atoms with van der Waals surface area (Å²) in [5.74, 6) is 0.600. The van der Waals surface area contributed by atoms with Gasteiger partial charge in [-0.25, -0.2) is 18.4 Å². The van der Waals surface area contributed by atoms with E-state index in [1.807, 2.05) is 12.1 Å². The Labute approximate surface area is 220 Å². The van der Waals surface area contributed by atoms with Gasteiger partial charge in [-0.15, -0.1) is 0 Å². The van der Waals surface area contributed by atoms with E-state index in [-0.39, 0.29) is 27.4 Å². The molecule has 0 unspecified atom stereocenters. The third-order valence-electron chi connectivity index (χ3n) is 6.03. The van der Waals surface area contributed by atoms with E-state index in [1.165, 1.54) is 31.3 Å². The third kappa shape index (κ3) is 7.48. The molecule has 0 aliphatic carbocycles. The van der Waals surface area contributed by atoms with Crippen molar-refractivity contribution in [2.24, 2.45) is 0 Å². The third-order valence-corrected chi connectivity index (χ3v) is 8.20. The Bertz CT molecular complexity index is 1370. The van der Waals surface area contributed by atoms with Gasteiger partial charge in [-0.2, -0.15) is 0 Å². The molecule has 4 rings (SSSR count). The van der Waals surface area contributed by atoms with E-state index in [0.717, 1.165) is 56.8 Å². The molecule has 0 radical (unpaired) electrons. The summed E-state index contributed by atoms with van der Waals surface area (Å²) < 4.78 is 28.3. The monoisotopic (exact) mass is 542 g/mol. The van der Waals surface area contributed by atoms with Gasteiger partial charge < -0.3 is 10.2 Å². The number of nitrogens with zero attached hydrogens (tertiary/aromatic N) is 4. The number of nitrogens with one attached hydrogen (secondary N) is 2. The Morgan fingerprint density at radius 1 is 1.03 bits per heavy atom. The number of hydrogen-bond donors (Lipinski definition) is 2. The molecule has 12 heteroatoms. The zero-order valence-electron chi connectivity index (χ0n) is 20.8. The smallest absolute Gasteiger partial charge is 0.263 e. The van der Waals surface area contributed by atoms with Gasteiger partial charge in [-0.1, -0.05) is 11.8 Å². The number of carbonyl (C=O) groups excluding carboxylic acids is 2. The van der Waals surface area contributed by atoms with Crippen LogP contribution in [0.15, 0.2) is 53.6 Å². The summed E-state index contributed by atoms with van der Waals surface area (Å²) in [7, 11) is -1.76. The minimum atomic E-state index is -3.90. The van der Waals surface area contributed by atoms with Crippen LogP contribution in [0.25, 0.3) is 10.9 Å². The van der Waals surface area contributed by atoms with Gasteiger partial charge in [-0.3, -0.25) is 19.2 Å². The number of aromatic nitrogens is 2. The maximum atomic E-state index is 12.9. The summed E-state index contributed by atoms with van der Waals surface area (Å²) >= 11 is 0.917. The molecule has 3 heterocycles. The Morgan fingerprint density at radius 3 is 2.49 bits per heavy atom. The lowest BCUT2D eigenvalue weighted by Gasteiger charge is -2.32. The number of ketones is 1. The molecular weight excluding hydrogens is 512 g/mol. The summed E-state index contributed by atoms with van der Waals surface area (Å²) in [6.07, 6.45) is 1.30. The van der Waals surface area contributed by atoms with Crippen LogP contribution in [0.4, 0.5) is 11.6 Å². The first-order valence-corrected chi connectivity index (χ1v) is 14.4. The second-order valence-electron chi connectivity index (χ2n) is 8.86. The average Bonchev–Trinajstić information content (AvgIpc) is 2.88. The lowest BCUT2D eigenvalue weighted by molar-refractivity contribution is -0.109. The van der Waals surface area contributed by atoms with Crippen molar-refractivity contribution in [1.29, 1.82) is 0 Å². The van der Waals surface area contributed by atoms with Crippen molar-refractivity contribution in [3.63, 3.8) is 0 Å². The van der Waals surface area contributed by atoms with Crippen LogP contribution in [0, 0.1) is 0 Å². The van der Waals surface area contributed by atoms with Crippen molar-refractivity contribution in [3.8, 4) is 0 Å². The molecule has 0 bridgehead atoms. The van der Waals surface area contributed by atoms with Gasteiger partial charge >= 0.3 is 0 Å². The topological polar surface area (TPSA) is 125 Å². The van der Waals surface area contributed by atoms with Crippen molar-refractivity contribution in [2.75, 3.05) is 62.1 Å². The number of carbonyl (C=O) groups is 2. The van der Waals surface area contributed by atoms with Gasteiger partial charge in [0.15, 0.2) is 10.9 Å². The second kappa shape index (κ2) is 12.0. The van der Waals surface area contributed by atoms with Gasteiger partial charge in [0.2, 0.25) is 0 Å². The quantitative estimate of drug-likeness (QED) is 0.369. The fourth-order valence-electron chi connectivity index (χ4n) is 3.85. The highest BCUT2D eigenvalue weighted by atomic mass is 32.2. The van der Waals surface area contributed by atoms with Crippen LogP contribution in [0.2, 0.25) is 0 Å². The average molecular weight is 543 g/mol. The van der Waals surface area contributed by atoms with Crippen molar-refractivity contribution in [1.82, 2.24) is 19.8 Å². The first-order valence-electron chi connectivity index (χ1n) is 11.9. The lowest BCUT2D eigenvalue weighted by atomic mass is 10.2. The molecule has 0 amide bonds. The van der Waals surface area contributed by atoms with Crippen LogP contribution in [-0.2, 0) is 14.8 Å². The molecule has 1 aliphatic rings. The van der Waals surface area contributed by atoms with Gasteiger partial charge in [0, 0.05) is 63.3 Å². The maximum Gasteiger partial charge on any atom is 0.263 e. The van der Waals surface area contributed by atoms with Crippen molar-refractivity contribution in [2.45, 2.75) is 11.8 Å². The summed E-state index contributed by atoms with van der Waals surface area (Å²) in [4.78, 5) is 36.6. The predicted octanol–water partition coefficient (Wildman–Crippen LogP) is 2.55. The molecule has 1 fully saturated rings. The van der Waals surface area contributed by atoms with Crippen molar-refractivity contribution in [3.05, 3.63) is 54.2 Å². The SMILES string of the molecule is CC(=O)SCC(=O)c1ccc(NS(=O)(=O)c2ccc3nc(NCCN4CCN(C)CC4)ccc3c2)nc1. The molecule has 1 saturated heterocycles. The normalized spacial score (nSPS) is 15.0. The van der Waals surface area contributed by atoms with Crippen molar-refractivity contribution < 1.29 is 18.0 Å². The van der Waals surface area contributed by atoms with Gasteiger partial charge in [0.1, 0.15) is 11.6 Å². The zero-order chi connectivity index (χ0) is 26.4. The molecule has 3 aromatic rings. The molecule has 10 nitrogen and oxygen atoms in total. The number of pyridine rings is 2. The minimum Gasteiger partial charge on any atom is -0.369 e. The fourth-order valence-corrected chi connectivity index (χ4v) is 5.39. The van der Waals surface area contributed by atoms with Crippen LogP contribution < -0.4 is 10.0 Å². The van der Waals surface area contributed by atoms with Gasteiger partial charge in [0.25, 0.3) is 10.0 Å². The van der Waals surface area contributed by atoms with E-state index < -0.39 is 10.0 Å². The predicted molar refractivity (Wildman–Crippen MR) is 147 cm³/mol. The molecule has 1 aromatic carbocycles. The number of anilines is 2. The fraction of sp³-hybridized carbons (Fsp3) is 0.360. The summed E-state index contributed by atoms with van der Waals surface area (Å²) in [6, 6.07) is 11.3. The number of fused-ring (bicyclic) bond motifs is 1. The Hall–Kier alpha value is -3.06. The second-order valence-corrected chi connectivity index (χ2v) is 11.7. The highest BCUT2D eigenvalue weighted by molar-refractivity contribution is 8.14. The molecule has 2 aromatic heterocycles. The number of benzene rings is 1. The molecule has 0 atom stereocenters. The van der Waals surface area contributed by atoms with E-state index in [9.17, 15) is 18.0 Å². The van der Waals surface area contributed by atoms with Crippen LogP contribution >= 0.6 is 11.8 Å². The molecular formula is C25H30N6O4S2. The van der Waals surface area contributed by atoms with Crippen molar-refractivity contribution >= 4 is 55.2 Å². The summed E-state index contributed by atoms with van der Waals surface area (Å²) in [5.41, 5.74) is 0.995. The Morgan fingerprint density at radius 2 is 1.78 bits per heavy atom. The summed E-state index contributed by atoms with van der Waals surface area (Å²) in [5, 5.41) is 3.90. The molecule has 37 heavy (non-hydrogen) atoms. The number of thioether (sulfide) groups is 1. The number of piperazine rings is 1.